The lowest BCUT2D eigenvalue weighted by molar-refractivity contribution is -0.0386. The van der Waals surface area contributed by atoms with Gasteiger partial charge in [0.25, 0.3) is 0 Å². The number of rotatable bonds is 1. The molecule has 0 amide bonds. The minimum Gasteiger partial charge on any atom is -0.364 e. The lowest BCUT2D eigenvalue weighted by atomic mass is 9.46. The summed E-state index contributed by atoms with van der Waals surface area (Å²) in [5.74, 6) is 1.21. The van der Waals surface area contributed by atoms with Gasteiger partial charge in [-0.15, -0.1) is 0 Å². The van der Waals surface area contributed by atoms with Crippen LogP contribution in [0.4, 0.5) is 0 Å². The number of ether oxygens (including phenoxy) is 1. The first-order valence-electron chi connectivity index (χ1n) is 8.74. The quantitative estimate of drug-likeness (QED) is 0.611. The van der Waals surface area contributed by atoms with Crippen LogP contribution in [0.15, 0.2) is 6.07 Å². The minimum atomic E-state index is -0.0713. The molecule has 2 unspecified atom stereocenters. The molecule has 0 saturated carbocycles. The molecule has 0 radical (unpaired) electrons. The number of aryl methyl sites for hydroxylation is 2. The van der Waals surface area contributed by atoms with Crippen molar-refractivity contribution >= 4 is 0 Å². The van der Waals surface area contributed by atoms with Gasteiger partial charge in [-0.3, -0.25) is 0 Å². The van der Waals surface area contributed by atoms with Gasteiger partial charge in [0.15, 0.2) is 0 Å². The predicted molar refractivity (Wildman–Crippen MR) is 93.4 cm³/mol. The van der Waals surface area contributed by atoms with Crippen molar-refractivity contribution in [2.75, 3.05) is 6.61 Å². The molecule has 1 nitrogen and oxygen atoms in total. The number of benzene rings is 1. The summed E-state index contributed by atoms with van der Waals surface area (Å²) in [7, 11) is 0. The molecule has 2 aliphatic rings. The Morgan fingerprint density at radius 3 is 2.05 bits per heavy atom. The lowest BCUT2D eigenvalue weighted by Gasteiger charge is -2.57. The molecule has 122 valence electrons. The summed E-state index contributed by atoms with van der Waals surface area (Å²) in [5, 5.41) is 0. The highest BCUT2D eigenvalue weighted by molar-refractivity contribution is 5.55. The number of hydrogen-bond donors (Lipinski definition) is 0. The third kappa shape index (κ3) is 1.64. The van der Waals surface area contributed by atoms with Crippen molar-refractivity contribution in [2.24, 2.45) is 16.7 Å². The Hall–Kier alpha value is -0.820. The van der Waals surface area contributed by atoms with Crippen LogP contribution in [0.1, 0.15) is 75.3 Å². The molecule has 0 bridgehead atoms. The number of epoxide rings is 1. The van der Waals surface area contributed by atoms with E-state index < -0.39 is 0 Å². The third-order valence-corrected chi connectivity index (χ3v) is 7.31. The second kappa shape index (κ2) is 4.38. The van der Waals surface area contributed by atoms with Crippen molar-refractivity contribution < 1.29 is 4.74 Å². The van der Waals surface area contributed by atoms with E-state index in [1.807, 2.05) is 0 Å². The predicted octanol–water partition coefficient (Wildman–Crippen LogP) is 5.64. The van der Waals surface area contributed by atoms with E-state index in [1.54, 1.807) is 5.56 Å². The highest BCUT2D eigenvalue weighted by Crippen LogP contribution is 2.70. The fourth-order valence-electron chi connectivity index (χ4n) is 5.35. The van der Waals surface area contributed by atoms with E-state index in [4.69, 9.17) is 4.74 Å². The van der Waals surface area contributed by atoms with Crippen LogP contribution in [0.25, 0.3) is 0 Å². The Morgan fingerprint density at radius 1 is 1.05 bits per heavy atom. The number of fused-ring (bicyclic) bond motifs is 2. The molecule has 1 fully saturated rings. The van der Waals surface area contributed by atoms with Crippen molar-refractivity contribution in [1.82, 2.24) is 0 Å². The summed E-state index contributed by atoms with van der Waals surface area (Å²) in [6, 6.07) is 2.38. The standard InChI is InChI=1S/C21H32O/c1-12(2)17-16-14(4)10-13(3)15(5)18(16)21(11-22-21)20(8,9)19(17,6)7/h10,12,17H,11H2,1-9H3. The molecule has 2 atom stereocenters. The summed E-state index contributed by atoms with van der Waals surface area (Å²) < 4.78 is 6.23. The van der Waals surface area contributed by atoms with Gasteiger partial charge < -0.3 is 4.74 Å². The topological polar surface area (TPSA) is 12.5 Å². The first-order chi connectivity index (χ1) is 9.99. The first-order valence-corrected chi connectivity index (χ1v) is 8.74. The van der Waals surface area contributed by atoms with Gasteiger partial charge in [0.2, 0.25) is 0 Å². The second-order valence-electron chi connectivity index (χ2n) is 9.11. The van der Waals surface area contributed by atoms with Gasteiger partial charge in [-0.25, -0.2) is 0 Å². The lowest BCUT2D eigenvalue weighted by Crippen LogP contribution is -2.53. The van der Waals surface area contributed by atoms with Crippen LogP contribution in [0.5, 0.6) is 0 Å². The van der Waals surface area contributed by atoms with E-state index in [-0.39, 0.29) is 16.4 Å². The molecule has 1 heterocycles. The van der Waals surface area contributed by atoms with E-state index in [2.05, 4.69) is 68.4 Å². The summed E-state index contributed by atoms with van der Waals surface area (Å²) in [5.41, 5.74) is 7.68. The van der Waals surface area contributed by atoms with E-state index in [1.165, 1.54) is 22.3 Å². The van der Waals surface area contributed by atoms with Crippen LogP contribution in [-0.4, -0.2) is 6.61 Å². The zero-order valence-electron chi connectivity index (χ0n) is 15.8. The van der Waals surface area contributed by atoms with Crippen LogP contribution in [0.2, 0.25) is 0 Å². The van der Waals surface area contributed by atoms with E-state index in [0.29, 0.717) is 11.8 Å². The van der Waals surface area contributed by atoms with Crippen LogP contribution < -0.4 is 0 Å². The molecule has 1 saturated heterocycles. The third-order valence-electron chi connectivity index (χ3n) is 7.31. The average molecular weight is 300 g/mol. The largest absolute Gasteiger partial charge is 0.364 e. The van der Waals surface area contributed by atoms with Crippen molar-refractivity contribution in [3.8, 4) is 0 Å². The Labute approximate surface area is 136 Å². The molecule has 1 heteroatoms. The zero-order chi connectivity index (χ0) is 16.7. The molecule has 1 aromatic carbocycles. The van der Waals surface area contributed by atoms with Gasteiger partial charge in [0.1, 0.15) is 5.60 Å². The maximum Gasteiger partial charge on any atom is 0.123 e. The molecule has 1 spiro atoms. The molecule has 22 heavy (non-hydrogen) atoms. The normalized spacial score (nSPS) is 31.5. The monoisotopic (exact) mass is 300 g/mol. The smallest absolute Gasteiger partial charge is 0.123 e. The average Bonchev–Trinajstić information content (AvgIpc) is 3.15. The Balaban J connectivity index is 2.43. The van der Waals surface area contributed by atoms with Gasteiger partial charge in [-0.05, 0) is 65.8 Å². The fraction of sp³-hybridized carbons (Fsp3) is 0.714. The molecular formula is C21H32O. The molecular weight excluding hydrogens is 268 g/mol. The maximum atomic E-state index is 6.23. The van der Waals surface area contributed by atoms with Gasteiger partial charge in [-0.2, -0.15) is 0 Å². The van der Waals surface area contributed by atoms with Crippen LogP contribution in [0, 0.1) is 37.5 Å². The van der Waals surface area contributed by atoms with Crippen molar-refractivity contribution in [2.45, 2.75) is 73.8 Å². The SMILES string of the molecule is Cc1cc(C)c2c(c1C)C1(CO1)C(C)(C)C(C)(C)C2C(C)C. The highest BCUT2D eigenvalue weighted by Gasteiger charge is 2.69. The second-order valence-corrected chi connectivity index (χ2v) is 9.11. The Kier molecular flexibility index (Phi) is 3.19. The molecule has 0 aromatic heterocycles. The van der Waals surface area contributed by atoms with Crippen molar-refractivity contribution in [1.29, 1.82) is 0 Å². The molecule has 0 N–H and O–H groups in total. The van der Waals surface area contributed by atoms with Crippen molar-refractivity contribution in [3.05, 3.63) is 33.9 Å². The highest BCUT2D eigenvalue weighted by atomic mass is 16.6. The molecule has 3 rings (SSSR count). The summed E-state index contributed by atoms with van der Waals surface area (Å²) in [6.45, 7) is 22.2. The van der Waals surface area contributed by atoms with Crippen LogP contribution in [0.3, 0.4) is 0 Å². The Bertz CT molecular complexity index is 630. The van der Waals surface area contributed by atoms with E-state index in [9.17, 15) is 0 Å². The number of hydrogen-bond acceptors (Lipinski definition) is 1. The van der Waals surface area contributed by atoms with Gasteiger partial charge >= 0.3 is 0 Å². The minimum absolute atomic E-state index is 0.0713. The van der Waals surface area contributed by atoms with Crippen molar-refractivity contribution in [3.63, 3.8) is 0 Å². The molecule has 1 aromatic rings. The molecule has 1 aliphatic carbocycles. The zero-order valence-corrected chi connectivity index (χ0v) is 15.8. The fourth-order valence-corrected chi connectivity index (χ4v) is 5.35. The first kappa shape index (κ1) is 16.1. The van der Waals surface area contributed by atoms with Gasteiger partial charge in [0, 0.05) is 5.41 Å². The van der Waals surface area contributed by atoms with Crippen LogP contribution >= 0.6 is 0 Å². The van der Waals surface area contributed by atoms with Gasteiger partial charge in [0.05, 0.1) is 6.61 Å². The van der Waals surface area contributed by atoms with E-state index >= 15 is 0 Å². The summed E-state index contributed by atoms with van der Waals surface area (Å²) in [6.07, 6.45) is 0. The molecule has 1 aliphatic heterocycles. The van der Waals surface area contributed by atoms with Crippen LogP contribution in [-0.2, 0) is 10.3 Å². The summed E-state index contributed by atoms with van der Waals surface area (Å²) >= 11 is 0. The summed E-state index contributed by atoms with van der Waals surface area (Å²) in [4.78, 5) is 0. The van der Waals surface area contributed by atoms with Gasteiger partial charge in [-0.1, -0.05) is 47.6 Å². The maximum absolute atomic E-state index is 6.23. The Morgan fingerprint density at radius 2 is 1.59 bits per heavy atom. The van der Waals surface area contributed by atoms with E-state index in [0.717, 1.165) is 6.61 Å².